The van der Waals surface area contributed by atoms with Gasteiger partial charge in [0.1, 0.15) is 5.75 Å². The minimum atomic E-state index is 0.329. The molecule has 2 rings (SSSR count). The van der Waals surface area contributed by atoms with Gasteiger partial charge in [0.15, 0.2) is 0 Å². The van der Waals surface area contributed by atoms with E-state index in [9.17, 15) is 0 Å². The van der Waals surface area contributed by atoms with Gasteiger partial charge in [-0.25, -0.2) is 0 Å². The van der Waals surface area contributed by atoms with Crippen molar-refractivity contribution in [1.29, 1.82) is 0 Å². The summed E-state index contributed by atoms with van der Waals surface area (Å²) < 4.78 is 5.65. The molecule has 0 spiro atoms. The van der Waals surface area contributed by atoms with E-state index in [1.807, 2.05) is 24.3 Å². The number of hydrogen-bond donors (Lipinski definition) is 0. The molecule has 1 aromatic carbocycles. The summed E-state index contributed by atoms with van der Waals surface area (Å²) in [5.41, 5.74) is 2.52. The van der Waals surface area contributed by atoms with Gasteiger partial charge >= 0.3 is 0 Å². The predicted octanol–water partition coefficient (Wildman–Crippen LogP) is 3.28. The summed E-state index contributed by atoms with van der Waals surface area (Å²) in [6.07, 6.45) is 4.10. The van der Waals surface area contributed by atoms with Crippen LogP contribution in [0.3, 0.4) is 0 Å². The first-order valence-electron chi connectivity index (χ1n) is 4.87. The molecule has 0 aliphatic carbocycles. The molecule has 0 aromatic heterocycles. The highest BCUT2D eigenvalue weighted by molar-refractivity contribution is 5.74. The third-order valence-corrected chi connectivity index (χ3v) is 2.61. The van der Waals surface area contributed by atoms with Crippen LogP contribution in [-0.4, -0.2) is 6.61 Å². The van der Waals surface area contributed by atoms with Gasteiger partial charge in [-0.1, -0.05) is 30.4 Å². The summed E-state index contributed by atoms with van der Waals surface area (Å²) in [7, 11) is 0. The zero-order valence-electron chi connectivity index (χ0n) is 8.36. The highest BCUT2D eigenvalue weighted by Crippen LogP contribution is 2.36. The van der Waals surface area contributed by atoms with Crippen molar-refractivity contribution in [2.24, 2.45) is 5.92 Å². The Balaban J connectivity index is 2.50. The van der Waals surface area contributed by atoms with Crippen LogP contribution < -0.4 is 4.74 Å². The molecular formula is C13H14O. The smallest absolute Gasteiger partial charge is 0.126 e. The summed E-state index contributed by atoms with van der Waals surface area (Å²) in [4.78, 5) is 0. The van der Waals surface area contributed by atoms with Gasteiger partial charge in [0.2, 0.25) is 0 Å². The molecule has 0 bridgehead atoms. The Hall–Kier alpha value is -1.50. The highest BCUT2D eigenvalue weighted by Gasteiger charge is 2.21. The van der Waals surface area contributed by atoms with Gasteiger partial charge in [-0.3, -0.25) is 0 Å². The Morgan fingerprint density at radius 1 is 1.43 bits per heavy atom. The summed E-state index contributed by atoms with van der Waals surface area (Å²) in [6.45, 7) is 6.61. The fraction of sp³-hybridized carbons (Fsp3) is 0.231. The largest absolute Gasteiger partial charge is 0.492 e. The van der Waals surface area contributed by atoms with Crippen molar-refractivity contribution in [1.82, 2.24) is 0 Å². The van der Waals surface area contributed by atoms with Gasteiger partial charge < -0.3 is 4.74 Å². The van der Waals surface area contributed by atoms with E-state index in [1.54, 1.807) is 0 Å². The molecule has 0 N–H and O–H groups in total. The Bertz CT molecular complexity index is 377. The van der Waals surface area contributed by atoms with E-state index in [0.717, 1.165) is 5.75 Å². The van der Waals surface area contributed by atoms with E-state index in [2.05, 4.69) is 25.6 Å². The standard InChI is InChI=1S/C13H14O/c1-3-10-9-14-13-8-6-5-7-12(13)11(10)4-2/h3-8,10H,1,9H2,2H3/b11-4+. The fourth-order valence-corrected chi connectivity index (χ4v) is 1.86. The lowest BCUT2D eigenvalue weighted by Gasteiger charge is -2.25. The van der Waals surface area contributed by atoms with Crippen molar-refractivity contribution < 1.29 is 4.74 Å². The second kappa shape index (κ2) is 3.70. The van der Waals surface area contributed by atoms with Crippen molar-refractivity contribution in [3.8, 4) is 5.75 Å². The van der Waals surface area contributed by atoms with Crippen LogP contribution in [0.2, 0.25) is 0 Å². The Kier molecular flexibility index (Phi) is 2.40. The van der Waals surface area contributed by atoms with Gasteiger partial charge in [0.25, 0.3) is 0 Å². The zero-order valence-corrected chi connectivity index (χ0v) is 8.36. The maximum Gasteiger partial charge on any atom is 0.126 e. The van der Waals surface area contributed by atoms with Crippen molar-refractivity contribution >= 4 is 5.57 Å². The van der Waals surface area contributed by atoms with Crippen LogP contribution in [0.15, 0.2) is 43.0 Å². The molecule has 1 aliphatic rings. The van der Waals surface area contributed by atoms with Gasteiger partial charge in [0.05, 0.1) is 6.61 Å². The molecule has 1 heteroatoms. The molecule has 0 radical (unpaired) electrons. The molecule has 1 aromatic rings. The van der Waals surface area contributed by atoms with Crippen molar-refractivity contribution in [3.05, 3.63) is 48.6 Å². The normalized spacial score (nSPS) is 22.6. The van der Waals surface area contributed by atoms with Gasteiger partial charge in [-0.2, -0.15) is 0 Å². The third kappa shape index (κ3) is 1.35. The van der Waals surface area contributed by atoms with E-state index in [1.165, 1.54) is 11.1 Å². The molecule has 1 unspecified atom stereocenters. The number of ether oxygens (including phenoxy) is 1. The number of rotatable bonds is 1. The second-order valence-corrected chi connectivity index (χ2v) is 3.39. The third-order valence-electron chi connectivity index (χ3n) is 2.61. The van der Waals surface area contributed by atoms with Crippen LogP contribution in [0.25, 0.3) is 5.57 Å². The lowest BCUT2D eigenvalue weighted by Crippen LogP contribution is -2.17. The first-order chi connectivity index (χ1) is 6.86. The van der Waals surface area contributed by atoms with Crippen molar-refractivity contribution in [2.75, 3.05) is 6.61 Å². The number of para-hydroxylation sites is 1. The zero-order chi connectivity index (χ0) is 9.97. The summed E-state index contributed by atoms with van der Waals surface area (Å²) >= 11 is 0. The minimum Gasteiger partial charge on any atom is -0.492 e. The van der Waals surface area contributed by atoms with Crippen molar-refractivity contribution in [2.45, 2.75) is 6.92 Å². The fourth-order valence-electron chi connectivity index (χ4n) is 1.86. The number of benzene rings is 1. The van der Waals surface area contributed by atoms with Crippen LogP contribution in [0, 0.1) is 5.92 Å². The van der Waals surface area contributed by atoms with Crippen LogP contribution in [0.5, 0.6) is 5.75 Å². The van der Waals surface area contributed by atoms with Crippen LogP contribution in [0.1, 0.15) is 12.5 Å². The molecule has 72 valence electrons. The summed E-state index contributed by atoms with van der Waals surface area (Å²) in [6, 6.07) is 8.15. The highest BCUT2D eigenvalue weighted by atomic mass is 16.5. The average molecular weight is 186 g/mol. The summed E-state index contributed by atoms with van der Waals surface area (Å²) in [5, 5.41) is 0. The minimum absolute atomic E-state index is 0.329. The molecule has 0 fully saturated rings. The molecular weight excluding hydrogens is 172 g/mol. The number of fused-ring (bicyclic) bond motifs is 1. The Morgan fingerprint density at radius 2 is 2.21 bits per heavy atom. The lowest BCUT2D eigenvalue weighted by molar-refractivity contribution is 0.288. The van der Waals surface area contributed by atoms with Gasteiger partial charge in [-0.15, -0.1) is 6.58 Å². The Labute approximate surface area is 84.7 Å². The topological polar surface area (TPSA) is 9.23 Å². The maximum absolute atomic E-state index is 5.65. The van der Waals surface area contributed by atoms with Crippen LogP contribution >= 0.6 is 0 Å². The first kappa shape index (κ1) is 9.07. The van der Waals surface area contributed by atoms with E-state index < -0.39 is 0 Å². The van der Waals surface area contributed by atoms with E-state index in [4.69, 9.17) is 4.74 Å². The molecule has 1 atom stereocenters. The van der Waals surface area contributed by atoms with Crippen LogP contribution in [-0.2, 0) is 0 Å². The monoisotopic (exact) mass is 186 g/mol. The molecule has 1 nitrogen and oxygen atoms in total. The first-order valence-corrected chi connectivity index (χ1v) is 4.87. The van der Waals surface area contributed by atoms with Gasteiger partial charge in [0, 0.05) is 11.5 Å². The molecule has 0 amide bonds. The quantitative estimate of drug-likeness (QED) is 0.611. The lowest BCUT2D eigenvalue weighted by atomic mass is 9.90. The second-order valence-electron chi connectivity index (χ2n) is 3.39. The maximum atomic E-state index is 5.65. The molecule has 0 saturated heterocycles. The molecule has 1 heterocycles. The average Bonchev–Trinajstić information content (AvgIpc) is 2.27. The predicted molar refractivity (Wildman–Crippen MR) is 59.3 cm³/mol. The molecule has 1 aliphatic heterocycles. The summed E-state index contributed by atoms with van der Waals surface area (Å²) in [5.74, 6) is 1.31. The van der Waals surface area contributed by atoms with E-state index >= 15 is 0 Å². The van der Waals surface area contributed by atoms with E-state index in [-0.39, 0.29) is 0 Å². The van der Waals surface area contributed by atoms with Gasteiger partial charge in [-0.05, 0) is 18.6 Å². The van der Waals surface area contributed by atoms with Crippen LogP contribution in [0.4, 0.5) is 0 Å². The van der Waals surface area contributed by atoms with Crippen molar-refractivity contribution in [3.63, 3.8) is 0 Å². The molecule has 14 heavy (non-hydrogen) atoms. The number of hydrogen-bond acceptors (Lipinski definition) is 1. The molecule has 0 saturated carbocycles. The van der Waals surface area contributed by atoms with E-state index in [0.29, 0.717) is 12.5 Å². The SMILES string of the molecule is C=CC1COc2ccccc2/C1=C/C. The number of allylic oxidation sites excluding steroid dienone is 1. The Morgan fingerprint density at radius 3 is 2.93 bits per heavy atom.